The molecule has 0 bridgehead atoms. The van der Waals surface area contributed by atoms with E-state index in [9.17, 15) is 4.79 Å². The molecule has 8 nitrogen and oxygen atoms in total. The van der Waals surface area contributed by atoms with Gasteiger partial charge in [-0.3, -0.25) is 15.0 Å². The number of carbonyl (C=O) groups is 1. The quantitative estimate of drug-likeness (QED) is 0.807. The smallest absolute Gasteiger partial charge is 0.240 e. The predicted octanol–water partition coefficient (Wildman–Crippen LogP) is 2.33. The Morgan fingerprint density at radius 2 is 2.28 bits per heavy atom. The summed E-state index contributed by atoms with van der Waals surface area (Å²) in [5.41, 5.74) is 0.855. The molecular formula is C16H21N5O3S. The number of anilines is 1. The van der Waals surface area contributed by atoms with Crippen molar-refractivity contribution in [2.24, 2.45) is 0 Å². The summed E-state index contributed by atoms with van der Waals surface area (Å²) in [6.07, 6.45) is 4.40. The highest BCUT2D eigenvalue weighted by atomic mass is 32.1. The van der Waals surface area contributed by atoms with Crippen LogP contribution in [-0.4, -0.2) is 46.4 Å². The molecule has 1 saturated carbocycles. The lowest BCUT2D eigenvalue weighted by Crippen LogP contribution is -2.29. The van der Waals surface area contributed by atoms with E-state index < -0.39 is 0 Å². The van der Waals surface area contributed by atoms with Gasteiger partial charge in [-0.15, -0.1) is 10.2 Å². The SMILES string of the molecule is CN(CC(=O)Nc1nnc(C2CCCO2)s1)Cc1cc(C2CC2)on1. The predicted molar refractivity (Wildman–Crippen MR) is 91.3 cm³/mol. The number of carbonyl (C=O) groups excluding carboxylic acids is 1. The molecule has 1 unspecified atom stereocenters. The molecule has 134 valence electrons. The first-order chi connectivity index (χ1) is 12.2. The highest BCUT2D eigenvalue weighted by Gasteiger charge is 2.28. The van der Waals surface area contributed by atoms with Crippen molar-refractivity contribution in [2.45, 2.75) is 44.2 Å². The normalized spacial score (nSPS) is 20.3. The van der Waals surface area contributed by atoms with Crippen LogP contribution in [0.3, 0.4) is 0 Å². The molecule has 2 aromatic rings. The summed E-state index contributed by atoms with van der Waals surface area (Å²) in [7, 11) is 1.88. The third-order valence-electron chi connectivity index (χ3n) is 4.29. The Kier molecular flexibility index (Phi) is 4.78. The number of aromatic nitrogens is 3. The summed E-state index contributed by atoms with van der Waals surface area (Å²) in [4.78, 5) is 14.1. The summed E-state index contributed by atoms with van der Waals surface area (Å²) in [6, 6.07) is 1.99. The molecule has 0 aromatic carbocycles. The number of amides is 1. The van der Waals surface area contributed by atoms with Crippen LogP contribution in [0.25, 0.3) is 0 Å². The average Bonchev–Trinajstić information content (AvgIpc) is 2.99. The Morgan fingerprint density at radius 1 is 1.40 bits per heavy atom. The van der Waals surface area contributed by atoms with E-state index in [4.69, 9.17) is 9.26 Å². The van der Waals surface area contributed by atoms with Gasteiger partial charge in [-0.1, -0.05) is 16.5 Å². The van der Waals surface area contributed by atoms with Crippen LogP contribution < -0.4 is 5.32 Å². The molecule has 4 rings (SSSR count). The molecule has 2 aromatic heterocycles. The summed E-state index contributed by atoms with van der Waals surface area (Å²) in [5, 5.41) is 16.4. The second kappa shape index (κ2) is 7.19. The number of rotatable bonds is 7. The van der Waals surface area contributed by atoms with E-state index >= 15 is 0 Å². The van der Waals surface area contributed by atoms with E-state index in [1.165, 1.54) is 24.2 Å². The second-order valence-corrected chi connectivity index (χ2v) is 7.67. The molecular weight excluding hydrogens is 342 g/mol. The van der Waals surface area contributed by atoms with E-state index in [0.717, 1.165) is 35.9 Å². The van der Waals surface area contributed by atoms with Crippen LogP contribution in [0.1, 0.15) is 54.2 Å². The molecule has 1 saturated heterocycles. The number of hydrogen-bond acceptors (Lipinski definition) is 8. The van der Waals surface area contributed by atoms with Crippen molar-refractivity contribution >= 4 is 22.4 Å². The van der Waals surface area contributed by atoms with Crippen molar-refractivity contribution in [3.8, 4) is 0 Å². The number of nitrogens with zero attached hydrogens (tertiary/aromatic N) is 4. The maximum absolute atomic E-state index is 12.2. The lowest BCUT2D eigenvalue weighted by Gasteiger charge is -2.13. The van der Waals surface area contributed by atoms with Crippen LogP contribution >= 0.6 is 11.3 Å². The van der Waals surface area contributed by atoms with E-state index in [-0.39, 0.29) is 18.6 Å². The summed E-state index contributed by atoms with van der Waals surface area (Å²) in [5.74, 6) is 1.39. The van der Waals surface area contributed by atoms with E-state index in [0.29, 0.717) is 17.6 Å². The fourth-order valence-corrected chi connectivity index (χ4v) is 3.73. The Hall–Kier alpha value is -1.84. The van der Waals surface area contributed by atoms with Gasteiger partial charge in [0.25, 0.3) is 0 Å². The van der Waals surface area contributed by atoms with E-state index in [2.05, 4.69) is 20.7 Å². The monoisotopic (exact) mass is 363 g/mol. The highest BCUT2D eigenvalue weighted by molar-refractivity contribution is 7.15. The fraction of sp³-hybridized carbons (Fsp3) is 0.625. The number of nitrogens with one attached hydrogen (secondary N) is 1. The minimum Gasteiger partial charge on any atom is -0.371 e. The molecule has 1 N–H and O–H groups in total. The maximum Gasteiger partial charge on any atom is 0.240 e. The van der Waals surface area contributed by atoms with Crippen LogP contribution in [0.5, 0.6) is 0 Å². The highest BCUT2D eigenvalue weighted by Crippen LogP contribution is 2.40. The zero-order valence-electron chi connectivity index (χ0n) is 14.1. The van der Waals surface area contributed by atoms with Gasteiger partial charge in [0.05, 0.1) is 12.2 Å². The minimum absolute atomic E-state index is 0.0265. The van der Waals surface area contributed by atoms with Crippen LogP contribution in [0.2, 0.25) is 0 Å². The topological polar surface area (TPSA) is 93.4 Å². The fourth-order valence-electron chi connectivity index (χ4n) is 2.89. The molecule has 25 heavy (non-hydrogen) atoms. The largest absolute Gasteiger partial charge is 0.371 e. The van der Waals surface area contributed by atoms with E-state index in [1.807, 2.05) is 18.0 Å². The molecule has 1 aliphatic carbocycles. The van der Waals surface area contributed by atoms with Crippen LogP contribution in [0.4, 0.5) is 5.13 Å². The summed E-state index contributed by atoms with van der Waals surface area (Å²) in [6.45, 7) is 1.59. The zero-order valence-corrected chi connectivity index (χ0v) is 14.9. The Balaban J connectivity index is 1.26. The Morgan fingerprint density at radius 3 is 3.04 bits per heavy atom. The average molecular weight is 363 g/mol. The van der Waals surface area contributed by atoms with Gasteiger partial charge in [0.2, 0.25) is 11.0 Å². The molecule has 1 aliphatic heterocycles. The lowest BCUT2D eigenvalue weighted by atomic mass is 10.2. The van der Waals surface area contributed by atoms with Crippen LogP contribution in [0.15, 0.2) is 10.6 Å². The van der Waals surface area contributed by atoms with Crippen molar-refractivity contribution < 1.29 is 14.1 Å². The maximum atomic E-state index is 12.2. The summed E-state index contributed by atoms with van der Waals surface area (Å²) < 4.78 is 10.9. The number of hydrogen-bond donors (Lipinski definition) is 1. The molecule has 0 radical (unpaired) electrons. The van der Waals surface area contributed by atoms with Gasteiger partial charge >= 0.3 is 0 Å². The van der Waals surface area contributed by atoms with Crippen molar-refractivity contribution in [3.63, 3.8) is 0 Å². The Bertz CT molecular complexity index is 736. The van der Waals surface area contributed by atoms with Gasteiger partial charge in [0.1, 0.15) is 16.9 Å². The molecule has 1 atom stereocenters. The standard InChI is InChI=1S/C16H21N5O3S/c1-21(8-11-7-13(24-20-11)10-4-5-10)9-14(22)17-16-19-18-15(25-16)12-3-2-6-23-12/h7,10,12H,2-6,8-9H2,1H3,(H,17,19,22). The number of ether oxygens (including phenoxy) is 1. The molecule has 1 amide bonds. The van der Waals surface area contributed by atoms with Crippen molar-refractivity contribution in [1.29, 1.82) is 0 Å². The van der Waals surface area contributed by atoms with Gasteiger partial charge in [0, 0.05) is 25.1 Å². The molecule has 9 heteroatoms. The van der Waals surface area contributed by atoms with Crippen LogP contribution in [0, 0.1) is 0 Å². The number of likely N-dealkylation sites (N-methyl/N-ethyl adjacent to an activating group) is 1. The van der Waals surface area contributed by atoms with Crippen LogP contribution in [-0.2, 0) is 16.1 Å². The minimum atomic E-state index is -0.122. The van der Waals surface area contributed by atoms with E-state index in [1.54, 1.807) is 0 Å². The molecule has 0 spiro atoms. The van der Waals surface area contributed by atoms with Gasteiger partial charge in [-0.05, 0) is 32.7 Å². The third-order valence-corrected chi connectivity index (χ3v) is 5.23. The molecule has 2 fully saturated rings. The first-order valence-corrected chi connectivity index (χ1v) is 9.38. The lowest BCUT2D eigenvalue weighted by molar-refractivity contribution is -0.117. The Labute approximate surface area is 149 Å². The summed E-state index contributed by atoms with van der Waals surface area (Å²) >= 11 is 1.38. The van der Waals surface area contributed by atoms with Gasteiger partial charge in [0.15, 0.2) is 0 Å². The molecule has 3 heterocycles. The van der Waals surface area contributed by atoms with Crippen molar-refractivity contribution in [2.75, 3.05) is 25.5 Å². The van der Waals surface area contributed by atoms with Crippen molar-refractivity contribution in [3.05, 3.63) is 22.5 Å². The van der Waals surface area contributed by atoms with Gasteiger partial charge < -0.3 is 9.26 Å². The second-order valence-electron chi connectivity index (χ2n) is 6.66. The zero-order chi connectivity index (χ0) is 17.2. The molecule has 2 aliphatic rings. The van der Waals surface area contributed by atoms with Gasteiger partial charge in [-0.2, -0.15) is 0 Å². The van der Waals surface area contributed by atoms with Gasteiger partial charge in [-0.25, -0.2) is 0 Å². The van der Waals surface area contributed by atoms with Crippen molar-refractivity contribution in [1.82, 2.24) is 20.3 Å². The first kappa shape index (κ1) is 16.6. The third kappa shape index (κ3) is 4.23. The first-order valence-electron chi connectivity index (χ1n) is 8.56.